The lowest BCUT2D eigenvalue weighted by molar-refractivity contribution is -0.347. The predicted octanol–water partition coefficient (Wildman–Crippen LogP) is -0.574. The number of aromatic hydroxyl groups is 3. The number of carbonyl (C=O) groups is 8. The highest BCUT2D eigenvalue weighted by Crippen LogP contribution is 2.50. The summed E-state index contributed by atoms with van der Waals surface area (Å²) in [5.74, 6) is -19.1. The lowest BCUT2D eigenvalue weighted by Crippen LogP contribution is -2.69. The van der Waals surface area contributed by atoms with Gasteiger partial charge in [-0.05, 0) is 110 Å². The molecule has 22 N–H and O–H groups in total. The number of phenols is 3. The molecule has 7 heterocycles. The molecule has 2 saturated heterocycles. The highest BCUT2D eigenvalue weighted by Gasteiger charge is 2.55. The molecule has 0 saturated carbocycles. The quantitative estimate of drug-likeness (QED) is 0.0656. The van der Waals surface area contributed by atoms with Gasteiger partial charge in [-0.25, -0.2) is 4.79 Å². The zero-order valence-electron chi connectivity index (χ0n) is 54.7. The van der Waals surface area contributed by atoms with Gasteiger partial charge in [0.2, 0.25) is 59.2 Å². The summed E-state index contributed by atoms with van der Waals surface area (Å²) in [5.41, 5.74) is 7.32. The van der Waals surface area contributed by atoms with Crippen molar-refractivity contribution < 1.29 is 123 Å². The Labute approximate surface area is 589 Å². The average Bonchev–Trinajstić information content (AvgIpc) is 0.745. The Morgan fingerprint density at radius 1 is 0.716 bits per heavy atom. The van der Waals surface area contributed by atoms with Gasteiger partial charge in [-0.15, -0.1) is 0 Å². The molecule has 11 bridgehead atoms. The van der Waals surface area contributed by atoms with E-state index in [2.05, 4.69) is 37.2 Å². The zero-order chi connectivity index (χ0) is 74.5. The van der Waals surface area contributed by atoms with Crippen molar-refractivity contribution in [2.24, 2.45) is 17.4 Å². The van der Waals surface area contributed by atoms with Crippen LogP contribution in [0.3, 0.4) is 0 Å². The Hall–Kier alpha value is -9.24. The molecule has 102 heavy (non-hydrogen) atoms. The molecule has 0 spiro atoms. The summed E-state index contributed by atoms with van der Waals surface area (Å²) in [6, 6.07) is -0.903. The van der Waals surface area contributed by atoms with E-state index in [1.807, 2.05) is 13.8 Å². The number of nitrogens with one attached hydrogen (secondary N) is 7. The van der Waals surface area contributed by atoms with Crippen molar-refractivity contribution in [2.75, 3.05) is 13.7 Å². The number of halogens is 2. The van der Waals surface area contributed by atoms with Gasteiger partial charge in [0.15, 0.2) is 23.8 Å². The van der Waals surface area contributed by atoms with Crippen LogP contribution in [0, 0.1) is 5.92 Å². The van der Waals surface area contributed by atoms with E-state index in [9.17, 15) is 75.3 Å². The van der Waals surface area contributed by atoms with E-state index in [-0.39, 0.29) is 39.8 Å². The molecule has 12 rings (SSSR count). The third-order valence-corrected chi connectivity index (χ3v) is 18.6. The largest absolute Gasteiger partial charge is 0.508 e. The maximum atomic E-state index is 16.1. The number of aliphatic carboxylic acids is 1. The molecule has 7 amide bonds. The summed E-state index contributed by atoms with van der Waals surface area (Å²) in [6.45, 7) is 5.10. The number of aliphatic hydroxyl groups is 7. The van der Waals surface area contributed by atoms with Crippen LogP contribution in [0.5, 0.6) is 46.0 Å². The number of likely N-dealkylation sites (N-methyl/N-ethyl adjacent to an activating group) is 1. The molecule has 2 fully saturated rings. The molecule has 0 unspecified atom stereocenters. The number of aliphatic hydroxyl groups excluding tert-OH is 5. The van der Waals surface area contributed by atoms with Crippen LogP contribution in [-0.2, 0) is 52.6 Å². The topological polar surface area (TPSA) is 551 Å². The second kappa shape index (κ2) is 30.0. The highest BCUT2D eigenvalue weighted by molar-refractivity contribution is 6.32. The van der Waals surface area contributed by atoms with Crippen LogP contribution in [0.15, 0.2) is 78.9 Å². The fourth-order valence-corrected chi connectivity index (χ4v) is 12.9. The summed E-state index contributed by atoms with van der Waals surface area (Å²) in [5, 5.41) is 140. The molecule has 17 atom stereocenters. The van der Waals surface area contributed by atoms with E-state index in [0.717, 1.165) is 60.7 Å². The van der Waals surface area contributed by atoms with Crippen LogP contribution >= 0.6 is 23.2 Å². The number of rotatable bonds is 13. The van der Waals surface area contributed by atoms with Crippen molar-refractivity contribution in [3.05, 3.63) is 117 Å². The van der Waals surface area contributed by atoms with Crippen LogP contribution < -0.4 is 62.9 Å². The third kappa shape index (κ3) is 15.4. The number of phenolic OH excluding ortho intramolecular Hbond substituents is 3. The van der Waals surface area contributed by atoms with Gasteiger partial charge in [0.25, 0.3) is 0 Å². The number of fused-ring (bicyclic) bond motifs is 15. The Morgan fingerprint density at radius 3 is 1.92 bits per heavy atom. The predicted molar refractivity (Wildman–Crippen MR) is 350 cm³/mol. The lowest BCUT2D eigenvalue weighted by atomic mass is 9.82. The fourth-order valence-electron chi connectivity index (χ4n) is 12.4. The van der Waals surface area contributed by atoms with Gasteiger partial charge in [0.05, 0.1) is 34.7 Å². The van der Waals surface area contributed by atoms with E-state index >= 15 is 19.2 Å². The van der Waals surface area contributed by atoms with Crippen LogP contribution in [0.2, 0.25) is 10.0 Å². The molecule has 5 aromatic carbocycles. The van der Waals surface area contributed by atoms with Gasteiger partial charge in [-0.3, -0.25) is 33.6 Å². The smallest absolute Gasteiger partial charge is 0.330 e. The number of benzene rings is 5. The first kappa shape index (κ1) is 75.4. The van der Waals surface area contributed by atoms with Gasteiger partial charge in [0.1, 0.15) is 102 Å². The van der Waals surface area contributed by atoms with E-state index in [1.165, 1.54) is 39.1 Å². The molecule has 0 radical (unpaired) electrons. The lowest BCUT2D eigenvalue weighted by Gasteiger charge is -2.49. The minimum atomic E-state index is -2.75. The first-order valence-electron chi connectivity index (χ1n) is 31.7. The fraction of sp³-hybridized carbons (Fsp3) is 0.424. The van der Waals surface area contributed by atoms with Crippen LogP contribution in [0.1, 0.15) is 105 Å². The molecule has 548 valence electrons. The van der Waals surface area contributed by atoms with Crippen LogP contribution in [0.25, 0.3) is 11.1 Å². The Balaban J connectivity index is 1.26. The number of ether oxygens (including phenoxy) is 6. The Kier molecular flexibility index (Phi) is 22.2. The Morgan fingerprint density at radius 2 is 1.32 bits per heavy atom. The summed E-state index contributed by atoms with van der Waals surface area (Å²) in [6.07, 6.45) is -18.8. The van der Waals surface area contributed by atoms with Crippen molar-refractivity contribution in [1.82, 2.24) is 37.2 Å². The van der Waals surface area contributed by atoms with E-state index in [1.54, 1.807) is 0 Å². The monoisotopic (exact) mass is 1460 g/mol. The van der Waals surface area contributed by atoms with E-state index in [0.29, 0.717) is 0 Å². The summed E-state index contributed by atoms with van der Waals surface area (Å²) in [4.78, 5) is 118. The molecule has 0 aliphatic carbocycles. The number of carbonyl (C=O) groups excluding carboxylic acids is 7. The first-order chi connectivity index (χ1) is 48.0. The molecule has 5 aromatic rings. The zero-order valence-corrected chi connectivity index (χ0v) is 56.2. The van der Waals surface area contributed by atoms with Crippen molar-refractivity contribution >= 4 is 70.5 Å². The number of hydrogen-bond acceptors (Lipinski definition) is 26. The van der Waals surface area contributed by atoms with Crippen molar-refractivity contribution in [3.8, 4) is 57.1 Å². The van der Waals surface area contributed by atoms with Crippen molar-refractivity contribution in [2.45, 2.75) is 156 Å². The molecular weight excluding hydrogens is 1390 g/mol. The van der Waals surface area contributed by atoms with Gasteiger partial charge < -0.3 is 133 Å². The number of carboxylic acid groups (broad SMARTS) is 1. The normalized spacial score (nSPS) is 29.1. The number of carboxylic acids is 1. The minimum Gasteiger partial charge on any atom is -0.508 e. The SMILES string of the molecule is CN[C@H](CC(C)C)C(=O)N[C@H]1C(=O)N[C@@H](CC(N)=O)C(=O)N[C@H]2C(=O)N[C@H]3C(=O)N[C@H](C(=O)N[C@H](C(=O)O)c4cc(O)cc(O)c4-c4cc3ccc4O)[C@H](O[C@H]3C[C@](C)(N)C(O)(O)[C@H](C)O3)c3ccc(c(Cl)c3)Oc3cc2cc(c3O[C@@H]2O[C@H](CO)[C@@H](O)[C@H](O)[C@H]2O)Oc2ccc(cc2Cl)[C@H]1O. The second-order valence-corrected chi connectivity index (χ2v) is 26.7. The van der Waals surface area contributed by atoms with Crippen molar-refractivity contribution in [3.63, 3.8) is 0 Å². The average molecular weight is 1470 g/mol. The minimum absolute atomic E-state index is 0.103. The molecule has 34 nitrogen and oxygen atoms in total. The van der Waals surface area contributed by atoms with Crippen LogP contribution in [0.4, 0.5) is 0 Å². The summed E-state index contributed by atoms with van der Waals surface area (Å²) < 4.78 is 37.7. The first-order valence-corrected chi connectivity index (χ1v) is 32.5. The number of amides is 7. The van der Waals surface area contributed by atoms with Gasteiger partial charge >= 0.3 is 5.97 Å². The molecule has 7 aliphatic rings. The molecule has 36 heteroatoms. The second-order valence-electron chi connectivity index (χ2n) is 25.8. The maximum Gasteiger partial charge on any atom is 0.330 e. The highest BCUT2D eigenvalue weighted by atomic mass is 35.5. The van der Waals surface area contributed by atoms with E-state index < -0.39 is 243 Å². The van der Waals surface area contributed by atoms with Gasteiger partial charge in [-0.1, -0.05) is 55.2 Å². The number of hydrogen-bond donors (Lipinski definition) is 20. The maximum absolute atomic E-state index is 16.1. The van der Waals surface area contributed by atoms with Gasteiger partial charge in [0, 0.05) is 29.2 Å². The summed E-state index contributed by atoms with van der Waals surface area (Å²) >= 11 is 14.2. The molecule has 7 aliphatic heterocycles. The third-order valence-electron chi connectivity index (χ3n) is 18.0. The van der Waals surface area contributed by atoms with Gasteiger partial charge in [-0.2, -0.15) is 0 Å². The van der Waals surface area contributed by atoms with Crippen molar-refractivity contribution in [1.29, 1.82) is 0 Å². The summed E-state index contributed by atoms with van der Waals surface area (Å²) in [7, 11) is 1.47. The van der Waals surface area contributed by atoms with E-state index in [4.69, 9.17) is 63.1 Å². The molecular formula is C66H75Cl2N9O25. The number of primary amides is 1. The van der Waals surface area contributed by atoms with Crippen LogP contribution in [-0.4, -0.2) is 196 Å². The number of nitrogens with two attached hydrogens (primary N) is 2. The standard InChI is InChI=1S/C66H75Cl2N9O25/c1-23(2)12-34(71-5)57(87)76-49-51(83)26-7-10-38(32(67)14-26)98-40-16-28-17-41(56(40)102-64-54(86)53(85)52(84)42(22-78)100-64)99-39-11-8-27(15-33(39)68)55(101-44-21-65(4,70)66(95,96)24(3)97-44)50-62(92)75-48(63(93)94)31-18-29(79)19-37(81)45(31)30-13-25(6-9-36(30)80)46(59(89)77-50)74-60(90)47(28)73-58(88)35(20-43(69)82)72-61(49)91/h6-11,13-19,23-24,34-35,42,44,46-55,64,71,78-81,83-86,95-96H,12,20-22,70H2,1-5H3,(H2,69,82)(H,72,91)(H,73,88)(H,74,90)(H,75,92)(H,76,87)(H,77,89)(H,93,94)/t24-,34+,35-,42+,44-,46+,47+,48-,49+,50-,51+,52+,53-,54+,55+,64-,65-/m0/s1. The Bertz CT molecular complexity index is 4130. The molecule has 0 aromatic heterocycles.